The highest BCUT2D eigenvalue weighted by Crippen LogP contribution is 2.38. The molecular formula is C14H20Cl2N2. The molecule has 1 aromatic carbocycles. The number of benzene rings is 1. The predicted molar refractivity (Wildman–Crippen MR) is 78.5 cm³/mol. The van der Waals surface area contributed by atoms with E-state index in [2.05, 4.69) is 17.3 Å². The second-order valence-corrected chi connectivity index (χ2v) is 5.89. The molecule has 1 aliphatic heterocycles. The number of piperidine rings is 1. The van der Waals surface area contributed by atoms with Gasteiger partial charge in [-0.25, -0.2) is 0 Å². The maximum Gasteiger partial charge on any atom is 0.0455 e. The van der Waals surface area contributed by atoms with E-state index in [1.54, 1.807) is 0 Å². The zero-order chi connectivity index (χ0) is 13.1. The Morgan fingerprint density at radius 1 is 1.39 bits per heavy atom. The molecule has 2 nitrogen and oxygen atoms in total. The van der Waals surface area contributed by atoms with Crippen LogP contribution in [0.2, 0.25) is 10.0 Å². The molecule has 0 spiro atoms. The average Bonchev–Trinajstić information content (AvgIpc) is 2.34. The van der Waals surface area contributed by atoms with E-state index in [4.69, 9.17) is 23.2 Å². The Morgan fingerprint density at radius 3 is 2.89 bits per heavy atom. The standard InChI is InChI=1S/C14H20Cl2N2/c1-17-9-10-4-3-7-18(2)14(10)12-8-11(15)5-6-13(12)16/h5-6,8,10,14,17H,3-4,7,9H2,1-2H3. The Morgan fingerprint density at radius 2 is 2.17 bits per heavy atom. The number of hydrogen-bond donors (Lipinski definition) is 1. The van der Waals surface area contributed by atoms with Crippen LogP contribution in [-0.2, 0) is 0 Å². The third-order valence-electron chi connectivity index (χ3n) is 3.75. The number of hydrogen-bond acceptors (Lipinski definition) is 2. The second-order valence-electron chi connectivity index (χ2n) is 5.05. The van der Waals surface area contributed by atoms with Gasteiger partial charge in [0.1, 0.15) is 0 Å². The van der Waals surface area contributed by atoms with Gasteiger partial charge in [0.15, 0.2) is 0 Å². The van der Waals surface area contributed by atoms with E-state index in [1.807, 2.05) is 25.2 Å². The molecule has 0 bridgehead atoms. The first-order valence-corrected chi connectivity index (χ1v) is 7.19. The van der Waals surface area contributed by atoms with E-state index in [0.717, 1.165) is 28.7 Å². The van der Waals surface area contributed by atoms with Gasteiger partial charge in [0, 0.05) is 16.1 Å². The first-order valence-electron chi connectivity index (χ1n) is 6.43. The monoisotopic (exact) mass is 286 g/mol. The van der Waals surface area contributed by atoms with Gasteiger partial charge in [-0.3, -0.25) is 4.90 Å². The summed E-state index contributed by atoms with van der Waals surface area (Å²) in [7, 11) is 4.18. The average molecular weight is 287 g/mol. The molecule has 0 radical (unpaired) electrons. The van der Waals surface area contributed by atoms with Crippen LogP contribution in [0, 0.1) is 5.92 Å². The van der Waals surface area contributed by atoms with Crippen LogP contribution in [0.4, 0.5) is 0 Å². The van der Waals surface area contributed by atoms with Crippen LogP contribution in [0.1, 0.15) is 24.4 Å². The number of nitrogens with zero attached hydrogens (tertiary/aromatic N) is 1. The van der Waals surface area contributed by atoms with Crippen LogP contribution >= 0.6 is 23.2 Å². The molecule has 0 aromatic heterocycles. The molecule has 100 valence electrons. The summed E-state index contributed by atoms with van der Waals surface area (Å²) in [5.41, 5.74) is 1.16. The van der Waals surface area contributed by atoms with Crippen molar-refractivity contribution in [2.24, 2.45) is 5.92 Å². The summed E-state index contributed by atoms with van der Waals surface area (Å²) >= 11 is 12.5. The SMILES string of the molecule is CNCC1CCCN(C)C1c1cc(Cl)ccc1Cl. The minimum absolute atomic E-state index is 0.359. The first-order chi connectivity index (χ1) is 8.63. The van der Waals surface area contributed by atoms with E-state index in [0.29, 0.717) is 12.0 Å². The van der Waals surface area contributed by atoms with Crippen LogP contribution in [0.15, 0.2) is 18.2 Å². The van der Waals surface area contributed by atoms with Crippen molar-refractivity contribution in [1.29, 1.82) is 0 Å². The van der Waals surface area contributed by atoms with Gasteiger partial charge in [-0.05, 0) is 69.7 Å². The van der Waals surface area contributed by atoms with E-state index >= 15 is 0 Å². The third kappa shape index (κ3) is 3.00. The van der Waals surface area contributed by atoms with Crippen molar-refractivity contribution in [1.82, 2.24) is 10.2 Å². The summed E-state index contributed by atoms with van der Waals surface area (Å²) in [6.07, 6.45) is 2.48. The van der Waals surface area contributed by atoms with Crippen LogP contribution in [0.5, 0.6) is 0 Å². The Balaban J connectivity index is 2.33. The van der Waals surface area contributed by atoms with Crippen molar-refractivity contribution in [3.8, 4) is 0 Å². The highest BCUT2D eigenvalue weighted by Gasteiger charge is 2.31. The van der Waals surface area contributed by atoms with Crippen LogP contribution in [-0.4, -0.2) is 32.1 Å². The zero-order valence-electron chi connectivity index (χ0n) is 10.9. The van der Waals surface area contributed by atoms with E-state index in [1.165, 1.54) is 12.8 Å². The fourth-order valence-corrected chi connectivity index (χ4v) is 3.38. The Hall–Kier alpha value is -0.280. The third-order valence-corrected chi connectivity index (χ3v) is 4.33. The number of halogens is 2. The lowest BCUT2D eigenvalue weighted by Crippen LogP contribution is -2.40. The van der Waals surface area contributed by atoms with E-state index in [-0.39, 0.29) is 0 Å². The van der Waals surface area contributed by atoms with Gasteiger partial charge in [0.2, 0.25) is 0 Å². The normalized spacial score (nSPS) is 25.3. The Labute approximate surface area is 119 Å². The minimum atomic E-state index is 0.359. The number of nitrogens with one attached hydrogen (secondary N) is 1. The van der Waals surface area contributed by atoms with Gasteiger partial charge < -0.3 is 5.32 Å². The molecule has 0 amide bonds. The van der Waals surface area contributed by atoms with E-state index < -0.39 is 0 Å². The van der Waals surface area contributed by atoms with Crippen molar-refractivity contribution >= 4 is 23.2 Å². The quantitative estimate of drug-likeness (QED) is 0.914. The van der Waals surface area contributed by atoms with Crippen molar-refractivity contribution in [2.45, 2.75) is 18.9 Å². The lowest BCUT2D eigenvalue weighted by atomic mass is 9.85. The molecule has 2 atom stereocenters. The summed E-state index contributed by atoms with van der Waals surface area (Å²) in [6.45, 7) is 2.13. The summed E-state index contributed by atoms with van der Waals surface area (Å²) < 4.78 is 0. The van der Waals surface area contributed by atoms with Gasteiger partial charge in [0.25, 0.3) is 0 Å². The molecule has 1 aliphatic rings. The zero-order valence-corrected chi connectivity index (χ0v) is 12.4. The van der Waals surface area contributed by atoms with Gasteiger partial charge in [-0.15, -0.1) is 0 Å². The fraction of sp³-hybridized carbons (Fsp3) is 0.571. The van der Waals surface area contributed by atoms with Crippen LogP contribution in [0.25, 0.3) is 0 Å². The van der Waals surface area contributed by atoms with Crippen molar-refractivity contribution in [2.75, 3.05) is 27.2 Å². The van der Waals surface area contributed by atoms with Gasteiger partial charge >= 0.3 is 0 Å². The van der Waals surface area contributed by atoms with Crippen molar-refractivity contribution in [3.05, 3.63) is 33.8 Å². The maximum atomic E-state index is 6.35. The molecule has 2 unspecified atom stereocenters. The molecule has 1 heterocycles. The Kier molecular flexibility index (Phi) is 4.91. The molecule has 1 aromatic rings. The number of rotatable bonds is 3. The fourth-order valence-electron chi connectivity index (χ4n) is 2.97. The molecule has 0 saturated carbocycles. The highest BCUT2D eigenvalue weighted by molar-refractivity contribution is 6.33. The summed E-state index contributed by atoms with van der Waals surface area (Å²) in [5, 5.41) is 4.87. The minimum Gasteiger partial charge on any atom is -0.319 e. The molecule has 1 N–H and O–H groups in total. The molecule has 1 fully saturated rings. The van der Waals surface area contributed by atoms with Gasteiger partial charge in [0.05, 0.1) is 0 Å². The lowest BCUT2D eigenvalue weighted by molar-refractivity contribution is 0.121. The van der Waals surface area contributed by atoms with Crippen molar-refractivity contribution in [3.63, 3.8) is 0 Å². The smallest absolute Gasteiger partial charge is 0.0455 e. The predicted octanol–water partition coefficient (Wildman–Crippen LogP) is 3.60. The Bertz CT molecular complexity index is 407. The van der Waals surface area contributed by atoms with Crippen LogP contribution < -0.4 is 5.32 Å². The largest absolute Gasteiger partial charge is 0.319 e. The van der Waals surface area contributed by atoms with Gasteiger partial charge in [-0.2, -0.15) is 0 Å². The summed E-state index contributed by atoms with van der Waals surface area (Å²) in [4.78, 5) is 2.39. The lowest BCUT2D eigenvalue weighted by Gasteiger charge is -2.40. The maximum absolute atomic E-state index is 6.35. The number of likely N-dealkylation sites (tertiary alicyclic amines) is 1. The molecule has 1 saturated heterocycles. The molecular weight excluding hydrogens is 267 g/mol. The molecule has 2 rings (SSSR count). The van der Waals surface area contributed by atoms with E-state index in [9.17, 15) is 0 Å². The topological polar surface area (TPSA) is 15.3 Å². The highest BCUT2D eigenvalue weighted by atomic mass is 35.5. The van der Waals surface area contributed by atoms with Crippen molar-refractivity contribution < 1.29 is 0 Å². The van der Waals surface area contributed by atoms with Crippen LogP contribution in [0.3, 0.4) is 0 Å². The molecule has 0 aliphatic carbocycles. The summed E-state index contributed by atoms with van der Waals surface area (Å²) in [5.74, 6) is 0.588. The van der Waals surface area contributed by atoms with Gasteiger partial charge in [-0.1, -0.05) is 23.2 Å². The molecule has 18 heavy (non-hydrogen) atoms. The first kappa shape index (κ1) is 14.1. The summed E-state index contributed by atoms with van der Waals surface area (Å²) in [6, 6.07) is 6.12. The molecule has 4 heteroatoms. The second kappa shape index (κ2) is 6.25.